The van der Waals surface area contributed by atoms with Crippen LogP contribution in [0.25, 0.3) is 0 Å². The van der Waals surface area contributed by atoms with Gasteiger partial charge < -0.3 is 14.8 Å². The van der Waals surface area contributed by atoms with Crippen molar-refractivity contribution in [3.8, 4) is 0 Å². The number of amides is 1. The average Bonchev–Trinajstić information content (AvgIpc) is 2.97. The Morgan fingerprint density at radius 1 is 1.30 bits per heavy atom. The van der Waals surface area contributed by atoms with Crippen molar-refractivity contribution in [2.45, 2.75) is 40.0 Å². The molecule has 27 heavy (non-hydrogen) atoms. The van der Waals surface area contributed by atoms with Gasteiger partial charge in [0.25, 0.3) is 0 Å². The molecule has 0 saturated carbocycles. The van der Waals surface area contributed by atoms with E-state index in [1.54, 1.807) is 0 Å². The molecule has 1 aromatic heterocycles. The summed E-state index contributed by atoms with van der Waals surface area (Å²) in [5.41, 5.74) is 1.85. The van der Waals surface area contributed by atoms with Crippen molar-refractivity contribution in [3.05, 3.63) is 16.0 Å². The van der Waals surface area contributed by atoms with Gasteiger partial charge in [0.1, 0.15) is 5.00 Å². The molecule has 1 amide bonds. The summed E-state index contributed by atoms with van der Waals surface area (Å²) >= 11 is 1.54. The molecule has 2 aliphatic rings. The van der Waals surface area contributed by atoms with E-state index in [2.05, 4.69) is 31.0 Å². The van der Waals surface area contributed by atoms with Crippen LogP contribution in [0.4, 0.5) is 5.00 Å². The van der Waals surface area contributed by atoms with Gasteiger partial charge in [0, 0.05) is 18.0 Å². The summed E-state index contributed by atoms with van der Waals surface area (Å²) in [6.45, 7) is 9.94. The number of hydrogen-bond acceptors (Lipinski definition) is 6. The Morgan fingerprint density at radius 2 is 2.00 bits per heavy atom. The number of hydrogen-bond donors (Lipinski definition) is 1. The highest BCUT2D eigenvalue weighted by atomic mass is 32.1. The Kier molecular flexibility index (Phi) is 6.23. The molecule has 7 heteroatoms. The molecule has 1 aliphatic heterocycles. The van der Waals surface area contributed by atoms with E-state index in [1.165, 1.54) is 23.3 Å². The third-order valence-electron chi connectivity index (χ3n) is 5.60. The first-order chi connectivity index (χ1) is 12.8. The summed E-state index contributed by atoms with van der Waals surface area (Å²) < 4.78 is 10.3. The maximum Gasteiger partial charge on any atom is 0.341 e. The van der Waals surface area contributed by atoms with Gasteiger partial charge in [-0.25, -0.2) is 4.79 Å². The minimum Gasteiger partial charge on any atom is -0.465 e. The molecular formula is C20H30N2O4S. The van der Waals surface area contributed by atoms with Gasteiger partial charge in [0.15, 0.2) is 0 Å². The second-order valence-corrected chi connectivity index (χ2v) is 9.55. The predicted molar refractivity (Wildman–Crippen MR) is 107 cm³/mol. The molecule has 1 N–H and O–H groups in total. The van der Waals surface area contributed by atoms with Crippen molar-refractivity contribution in [1.82, 2.24) is 4.90 Å². The first kappa shape index (κ1) is 20.3. The number of ether oxygens (including phenoxy) is 2. The highest BCUT2D eigenvalue weighted by Crippen LogP contribution is 2.44. The Labute approximate surface area is 165 Å². The fourth-order valence-corrected chi connectivity index (χ4v) is 5.19. The van der Waals surface area contributed by atoms with Crippen molar-refractivity contribution in [1.29, 1.82) is 0 Å². The summed E-state index contributed by atoms with van der Waals surface area (Å²) in [4.78, 5) is 28.2. The molecule has 2 heterocycles. The van der Waals surface area contributed by atoms with Crippen LogP contribution >= 0.6 is 11.3 Å². The molecule has 0 spiro atoms. The minimum absolute atomic E-state index is 0.0898. The first-order valence-electron chi connectivity index (χ1n) is 9.62. The number of methoxy groups -OCH3 is 1. The van der Waals surface area contributed by atoms with Crippen LogP contribution in [-0.4, -0.2) is 56.7 Å². The van der Waals surface area contributed by atoms with Gasteiger partial charge in [0.05, 0.1) is 32.4 Å². The zero-order valence-electron chi connectivity index (χ0n) is 16.7. The normalized spacial score (nSPS) is 20.8. The number of rotatable bonds is 4. The van der Waals surface area contributed by atoms with Gasteiger partial charge >= 0.3 is 5.97 Å². The summed E-state index contributed by atoms with van der Waals surface area (Å²) in [5, 5.41) is 3.62. The van der Waals surface area contributed by atoms with E-state index in [9.17, 15) is 9.59 Å². The maximum atomic E-state index is 12.5. The lowest BCUT2D eigenvalue weighted by Crippen LogP contribution is -2.41. The number of carbonyl (C=O) groups excluding carboxylic acids is 2. The maximum absolute atomic E-state index is 12.5. The van der Waals surface area contributed by atoms with Crippen LogP contribution in [0, 0.1) is 11.3 Å². The van der Waals surface area contributed by atoms with Gasteiger partial charge in [-0.15, -0.1) is 11.3 Å². The molecular weight excluding hydrogens is 364 g/mol. The summed E-state index contributed by atoms with van der Waals surface area (Å²) in [6, 6.07) is 0. The Hall–Kier alpha value is -1.44. The average molecular weight is 395 g/mol. The topological polar surface area (TPSA) is 67.9 Å². The number of fused-ring (bicyclic) bond motifs is 1. The van der Waals surface area contributed by atoms with Gasteiger partial charge in [-0.3, -0.25) is 9.69 Å². The van der Waals surface area contributed by atoms with Crippen LogP contribution in [0.1, 0.15) is 48.0 Å². The second kappa shape index (κ2) is 8.29. The second-order valence-electron chi connectivity index (χ2n) is 8.44. The lowest BCUT2D eigenvalue weighted by Gasteiger charge is -2.33. The minimum atomic E-state index is -0.358. The van der Waals surface area contributed by atoms with Crippen LogP contribution in [0.2, 0.25) is 0 Å². The largest absolute Gasteiger partial charge is 0.465 e. The molecule has 0 radical (unpaired) electrons. The summed E-state index contributed by atoms with van der Waals surface area (Å²) in [6.07, 6.45) is 2.86. The summed E-state index contributed by atoms with van der Waals surface area (Å²) in [7, 11) is 1.40. The van der Waals surface area contributed by atoms with Crippen LogP contribution in [-0.2, 0) is 27.1 Å². The van der Waals surface area contributed by atoms with Crippen molar-refractivity contribution in [3.63, 3.8) is 0 Å². The number of morpholine rings is 1. The SMILES string of the molecule is COC(=O)c1c(NC(=O)CN2CCOCC2)sc2c1CCC(C(C)(C)C)C2. The molecule has 0 aromatic carbocycles. The van der Waals surface area contributed by atoms with Crippen LogP contribution in [0.15, 0.2) is 0 Å². The molecule has 0 bridgehead atoms. The van der Waals surface area contributed by atoms with E-state index in [0.717, 1.165) is 37.9 Å². The Balaban J connectivity index is 1.79. The lowest BCUT2D eigenvalue weighted by molar-refractivity contribution is -0.118. The molecule has 1 fully saturated rings. The van der Waals surface area contributed by atoms with Gasteiger partial charge in [-0.2, -0.15) is 0 Å². The first-order valence-corrected chi connectivity index (χ1v) is 10.4. The fraction of sp³-hybridized carbons (Fsp3) is 0.700. The van der Waals surface area contributed by atoms with Crippen LogP contribution < -0.4 is 5.32 Å². The quantitative estimate of drug-likeness (QED) is 0.796. The van der Waals surface area contributed by atoms with Crippen molar-refractivity contribution >= 4 is 28.2 Å². The molecule has 6 nitrogen and oxygen atoms in total. The molecule has 150 valence electrons. The number of esters is 1. The molecule has 1 aromatic rings. The van der Waals surface area contributed by atoms with Crippen LogP contribution in [0.5, 0.6) is 0 Å². The van der Waals surface area contributed by atoms with Crippen molar-refractivity contribution in [2.75, 3.05) is 45.3 Å². The van der Waals surface area contributed by atoms with E-state index < -0.39 is 0 Å². The molecule has 1 saturated heterocycles. The monoisotopic (exact) mass is 394 g/mol. The van der Waals surface area contributed by atoms with E-state index >= 15 is 0 Å². The number of thiophene rings is 1. The molecule has 1 atom stereocenters. The van der Waals surface area contributed by atoms with Crippen molar-refractivity contribution in [2.24, 2.45) is 11.3 Å². The van der Waals surface area contributed by atoms with E-state index in [0.29, 0.717) is 36.2 Å². The zero-order chi connectivity index (χ0) is 19.6. The van der Waals surface area contributed by atoms with E-state index in [1.807, 2.05) is 0 Å². The van der Waals surface area contributed by atoms with Gasteiger partial charge in [-0.1, -0.05) is 20.8 Å². The number of nitrogens with one attached hydrogen (secondary N) is 1. The number of anilines is 1. The number of nitrogens with zero attached hydrogens (tertiary/aromatic N) is 1. The molecule has 3 rings (SSSR count). The molecule has 1 aliphatic carbocycles. The zero-order valence-corrected chi connectivity index (χ0v) is 17.5. The van der Waals surface area contributed by atoms with E-state index in [-0.39, 0.29) is 17.3 Å². The summed E-state index contributed by atoms with van der Waals surface area (Å²) in [5.74, 6) is 0.127. The van der Waals surface area contributed by atoms with Crippen molar-refractivity contribution < 1.29 is 19.1 Å². The fourth-order valence-electron chi connectivity index (χ4n) is 3.86. The van der Waals surface area contributed by atoms with Crippen LogP contribution in [0.3, 0.4) is 0 Å². The lowest BCUT2D eigenvalue weighted by atomic mass is 9.72. The Morgan fingerprint density at radius 3 is 2.63 bits per heavy atom. The third-order valence-corrected chi connectivity index (χ3v) is 6.77. The predicted octanol–water partition coefficient (Wildman–Crippen LogP) is 2.96. The van der Waals surface area contributed by atoms with E-state index in [4.69, 9.17) is 9.47 Å². The van der Waals surface area contributed by atoms with Gasteiger partial charge in [-0.05, 0) is 36.2 Å². The number of carbonyl (C=O) groups is 2. The highest BCUT2D eigenvalue weighted by Gasteiger charge is 2.34. The third kappa shape index (κ3) is 4.70. The highest BCUT2D eigenvalue weighted by molar-refractivity contribution is 7.17. The molecule has 1 unspecified atom stereocenters. The Bertz CT molecular complexity index is 702. The van der Waals surface area contributed by atoms with Gasteiger partial charge in [0.2, 0.25) is 5.91 Å². The standard InChI is InChI=1S/C20H30N2O4S/c1-20(2,3)13-5-6-14-15(11-13)27-18(17(14)19(24)25-4)21-16(23)12-22-7-9-26-10-8-22/h13H,5-12H2,1-4H3,(H,21,23). The smallest absolute Gasteiger partial charge is 0.341 e.